The fourth-order valence-corrected chi connectivity index (χ4v) is 6.09. The Balaban J connectivity index is 1.76. The van der Waals surface area contributed by atoms with E-state index >= 15 is 0 Å². The molecule has 0 aromatic heterocycles. The first-order valence-electron chi connectivity index (χ1n) is 14.1. The van der Waals surface area contributed by atoms with Crippen molar-refractivity contribution in [3.63, 3.8) is 0 Å². The fourth-order valence-electron chi connectivity index (χ4n) is 4.65. The molecule has 0 fully saturated rings. The molecule has 4 rings (SSSR count). The minimum Gasteiger partial charge on any atom is -0.354 e. The van der Waals surface area contributed by atoms with E-state index in [1.165, 1.54) is 17.0 Å². The van der Waals surface area contributed by atoms with Crippen LogP contribution >= 0.6 is 0 Å². The van der Waals surface area contributed by atoms with Crippen molar-refractivity contribution in [3.05, 3.63) is 132 Å². The van der Waals surface area contributed by atoms with Gasteiger partial charge in [-0.05, 0) is 48.7 Å². The molecule has 4 aromatic carbocycles. The first-order valence-corrected chi connectivity index (χ1v) is 15.5. The maximum Gasteiger partial charge on any atom is 0.264 e. The number of para-hydroxylation sites is 1. The summed E-state index contributed by atoms with van der Waals surface area (Å²) in [5.41, 5.74) is 3.17. The molecule has 4 aromatic rings. The van der Waals surface area contributed by atoms with Crippen molar-refractivity contribution in [1.82, 2.24) is 10.2 Å². The van der Waals surface area contributed by atoms with Gasteiger partial charge in [-0.15, -0.1) is 0 Å². The van der Waals surface area contributed by atoms with Crippen LogP contribution in [-0.2, 0) is 32.6 Å². The highest BCUT2D eigenvalue weighted by molar-refractivity contribution is 7.92. The summed E-state index contributed by atoms with van der Waals surface area (Å²) in [6.07, 6.45) is 1.03. The summed E-state index contributed by atoms with van der Waals surface area (Å²) in [5, 5.41) is 2.96. The van der Waals surface area contributed by atoms with E-state index < -0.39 is 28.5 Å². The molecular weight excluding hydrogens is 546 g/mol. The van der Waals surface area contributed by atoms with Crippen LogP contribution in [0.15, 0.2) is 120 Å². The number of carbonyl (C=O) groups is 2. The molecule has 7 nitrogen and oxygen atoms in total. The Kier molecular flexibility index (Phi) is 10.5. The molecule has 0 spiro atoms. The smallest absolute Gasteiger partial charge is 0.264 e. The van der Waals surface area contributed by atoms with E-state index in [-0.39, 0.29) is 23.8 Å². The predicted molar refractivity (Wildman–Crippen MR) is 166 cm³/mol. The third-order valence-electron chi connectivity index (χ3n) is 6.95. The van der Waals surface area contributed by atoms with Gasteiger partial charge in [0.25, 0.3) is 10.0 Å². The predicted octanol–water partition coefficient (Wildman–Crippen LogP) is 5.36. The molecule has 1 N–H and O–H groups in total. The van der Waals surface area contributed by atoms with Crippen LogP contribution in [0, 0.1) is 6.92 Å². The SMILES string of the molecule is CCCNC(=O)[C@@H](Cc1ccccc1)N(Cc1ccc(C)cc1)C(=O)CN(c1ccccc1)S(=O)(=O)c1ccccc1. The second-order valence-electron chi connectivity index (χ2n) is 10.2. The van der Waals surface area contributed by atoms with Crippen LogP contribution in [0.5, 0.6) is 0 Å². The van der Waals surface area contributed by atoms with E-state index in [1.54, 1.807) is 48.5 Å². The van der Waals surface area contributed by atoms with Crippen LogP contribution in [-0.4, -0.2) is 44.3 Å². The zero-order valence-electron chi connectivity index (χ0n) is 24.0. The number of hydrogen-bond donors (Lipinski definition) is 1. The fraction of sp³-hybridized carbons (Fsp3) is 0.235. The van der Waals surface area contributed by atoms with Crippen molar-refractivity contribution in [2.45, 2.75) is 44.2 Å². The molecule has 0 saturated carbocycles. The third kappa shape index (κ3) is 7.85. The van der Waals surface area contributed by atoms with Gasteiger partial charge in [0, 0.05) is 19.5 Å². The molecule has 0 aliphatic heterocycles. The van der Waals surface area contributed by atoms with E-state index in [2.05, 4.69) is 5.32 Å². The largest absolute Gasteiger partial charge is 0.354 e. The lowest BCUT2D eigenvalue weighted by Gasteiger charge is -2.34. The second-order valence-corrected chi connectivity index (χ2v) is 12.0. The van der Waals surface area contributed by atoms with Crippen molar-refractivity contribution in [1.29, 1.82) is 0 Å². The van der Waals surface area contributed by atoms with Crippen LogP contribution in [0.2, 0.25) is 0 Å². The van der Waals surface area contributed by atoms with Gasteiger partial charge in [0.15, 0.2) is 0 Å². The normalized spacial score (nSPS) is 11.9. The summed E-state index contributed by atoms with van der Waals surface area (Å²) < 4.78 is 28.9. The summed E-state index contributed by atoms with van der Waals surface area (Å²) in [7, 11) is -4.09. The summed E-state index contributed by atoms with van der Waals surface area (Å²) in [5.74, 6) is -0.759. The number of hydrogen-bond acceptors (Lipinski definition) is 4. The van der Waals surface area contributed by atoms with E-state index in [4.69, 9.17) is 0 Å². The number of carbonyl (C=O) groups excluding carboxylic acids is 2. The van der Waals surface area contributed by atoms with Gasteiger partial charge in [0.05, 0.1) is 10.6 Å². The molecule has 0 aliphatic carbocycles. The minimum atomic E-state index is -4.09. The average Bonchev–Trinajstić information content (AvgIpc) is 3.02. The average molecular weight is 584 g/mol. The zero-order valence-corrected chi connectivity index (χ0v) is 24.8. The Morgan fingerprint density at radius 1 is 0.762 bits per heavy atom. The van der Waals surface area contributed by atoms with Crippen molar-refractivity contribution in [2.75, 3.05) is 17.4 Å². The van der Waals surface area contributed by atoms with Crippen LogP contribution in [0.25, 0.3) is 0 Å². The minimum absolute atomic E-state index is 0.0771. The van der Waals surface area contributed by atoms with Crippen LogP contribution in [0.1, 0.15) is 30.0 Å². The number of sulfonamides is 1. The monoisotopic (exact) mass is 583 g/mol. The molecule has 0 aliphatic rings. The zero-order chi connectivity index (χ0) is 30.0. The van der Waals surface area contributed by atoms with Gasteiger partial charge in [0.2, 0.25) is 11.8 Å². The van der Waals surface area contributed by atoms with Gasteiger partial charge in [-0.2, -0.15) is 0 Å². The molecule has 8 heteroatoms. The number of nitrogens with one attached hydrogen (secondary N) is 1. The number of aryl methyl sites for hydroxylation is 1. The Hall–Kier alpha value is -4.43. The summed E-state index contributed by atoms with van der Waals surface area (Å²) >= 11 is 0. The molecule has 0 heterocycles. The number of anilines is 1. The van der Waals surface area contributed by atoms with E-state index in [9.17, 15) is 18.0 Å². The molecular formula is C34H37N3O4S. The van der Waals surface area contributed by atoms with Gasteiger partial charge < -0.3 is 10.2 Å². The standard InChI is InChI=1S/C34H37N3O4S/c1-3-23-35-34(39)32(24-28-13-7-4-8-14-28)36(25-29-21-19-27(2)20-22-29)33(38)26-37(30-15-9-5-10-16-30)42(40,41)31-17-11-6-12-18-31/h4-22,32H,3,23-26H2,1-2H3,(H,35,39)/t32-/m1/s1. The number of benzene rings is 4. The molecule has 2 amide bonds. The first-order chi connectivity index (χ1) is 20.3. The Labute approximate surface area is 248 Å². The van der Waals surface area contributed by atoms with Gasteiger partial charge in [-0.1, -0.05) is 103 Å². The molecule has 0 unspecified atom stereocenters. The van der Waals surface area contributed by atoms with Crippen molar-refractivity contribution >= 4 is 27.5 Å². The lowest BCUT2D eigenvalue weighted by Crippen LogP contribution is -2.53. The van der Waals surface area contributed by atoms with Crippen molar-refractivity contribution in [2.24, 2.45) is 0 Å². The van der Waals surface area contributed by atoms with E-state index in [0.717, 1.165) is 27.4 Å². The first kappa shape index (κ1) is 30.5. The molecule has 0 radical (unpaired) electrons. The van der Waals surface area contributed by atoms with Crippen LogP contribution < -0.4 is 9.62 Å². The highest BCUT2D eigenvalue weighted by atomic mass is 32.2. The van der Waals surface area contributed by atoms with Gasteiger partial charge in [0.1, 0.15) is 12.6 Å². The molecule has 42 heavy (non-hydrogen) atoms. The summed E-state index contributed by atoms with van der Waals surface area (Å²) in [4.78, 5) is 29.6. The van der Waals surface area contributed by atoms with Crippen LogP contribution in [0.3, 0.4) is 0 Å². The van der Waals surface area contributed by atoms with Gasteiger partial charge >= 0.3 is 0 Å². The summed E-state index contributed by atoms with van der Waals surface area (Å²) in [6, 6.07) is 33.1. The van der Waals surface area contributed by atoms with Crippen molar-refractivity contribution < 1.29 is 18.0 Å². The highest BCUT2D eigenvalue weighted by Crippen LogP contribution is 2.25. The van der Waals surface area contributed by atoms with Gasteiger partial charge in [-0.3, -0.25) is 13.9 Å². The van der Waals surface area contributed by atoms with Crippen molar-refractivity contribution in [3.8, 4) is 0 Å². The third-order valence-corrected chi connectivity index (χ3v) is 8.74. The lowest BCUT2D eigenvalue weighted by atomic mass is 10.0. The Bertz CT molecular complexity index is 1550. The number of amides is 2. The summed E-state index contributed by atoms with van der Waals surface area (Å²) in [6.45, 7) is 4.09. The number of nitrogens with zero attached hydrogens (tertiary/aromatic N) is 2. The Morgan fingerprint density at radius 2 is 1.33 bits per heavy atom. The van der Waals surface area contributed by atoms with Crippen LogP contribution in [0.4, 0.5) is 5.69 Å². The maximum atomic E-state index is 14.3. The number of rotatable bonds is 13. The topological polar surface area (TPSA) is 86.8 Å². The Morgan fingerprint density at radius 3 is 1.93 bits per heavy atom. The molecule has 0 saturated heterocycles. The highest BCUT2D eigenvalue weighted by Gasteiger charge is 2.34. The van der Waals surface area contributed by atoms with E-state index in [1.807, 2.05) is 68.4 Å². The lowest BCUT2D eigenvalue weighted by molar-refractivity contribution is -0.140. The molecule has 218 valence electrons. The second kappa shape index (κ2) is 14.5. The molecule has 0 bridgehead atoms. The quantitative estimate of drug-likeness (QED) is 0.230. The molecule has 1 atom stereocenters. The maximum absolute atomic E-state index is 14.3. The van der Waals surface area contributed by atoms with E-state index in [0.29, 0.717) is 12.2 Å². The van der Waals surface area contributed by atoms with Gasteiger partial charge in [-0.25, -0.2) is 8.42 Å².